The second-order valence-corrected chi connectivity index (χ2v) is 5.79. The van der Waals surface area contributed by atoms with Crippen LogP contribution in [-0.4, -0.2) is 46.4 Å². The zero-order valence-electron chi connectivity index (χ0n) is 11.5. The Labute approximate surface area is 117 Å². The molecule has 2 unspecified atom stereocenters. The van der Waals surface area contributed by atoms with Crippen molar-refractivity contribution < 1.29 is 19.5 Å². The molecule has 0 aromatic heterocycles. The van der Waals surface area contributed by atoms with E-state index < -0.39 is 18.1 Å². The first-order valence-corrected chi connectivity index (χ1v) is 7.27. The molecule has 2 atom stereocenters. The van der Waals surface area contributed by atoms with Crippen LogP contribution in [0.15, 0.2) is 0 Å². The van der Waals surface area contributed by atoms with Crippen molar-refractivity contribution in [2.75, 3.05) is 11.5 Å². The lowest BCUT2D eigenvalue weighted by molar-refractivity contribution is -0.138. The van der Waals surface area contributed by atoms with Crippen molar-refractivity contribution in [2.24, 2.45) is 11.7 Å². The zero-order valence-corrected chi connectivity index (χ0v) is 12.3. The molecule has 0 spiro atoms. The van der Waals surface area contributed by atoms with Gasteiger partial charge in [0.15, 0.2) is 5.78 Å². The van der Waals surface area contributed by atoms with E-state index >= 15 is 0 Å². The van der Waals surface area contributed by atoms with E-state index in [1.54, 1.807) is 0 Å². The summed E-state index contributed by atoms with van der Waals surface area (Å²) in [4.78, 5) is 33.4. The number of nitrogens with two attached hydrogens (primary N) is 1. The van der Waals surface area contributed by atoms with Crippen LogP contribution in [0.4, 0.5) is 0 Å². The largest absolute Gasteiger partial charge is 0.480 e. The average Bonchev–Trinajstić information content (AvgIpc) is 2.30. The van der Waals surface area contributed by atoms with Gasteiger partial charge in [-0.2, -0.15) is 11.8 Å². The second kappa shape index (κ2) is 8.92. The molecule has 0 aliphatic rings. The maximum atomic E-state index is 11.6. The lowest BCUT2D eigenvalue weighted by Gasteiger charge is -2.19. The standard InChI is InChI=1S/C12H22N2O4S/c1-7(2)11(8(3)15)14-10(16)6-19-5-4-9(13)12(17)18/h7,9,11H,4-6,13H2,1-3H3,(H,14,16)(H,17,18). The van der Waals surface area contributed by atoms with Crippen molar-refractivity contribution in [3.05, 3.63) is 0 Å². The van der Waals surface area contributed by atoms with Crippen LogP contribution < -0.4 is 11.1 Å². The van der Waals surface area contributed by atoms with Gasteiger partial charge >= 0.3 is 5.97 Å². The van der Waals surface area contributed by atoms with Crippen molar-refractivity contribution in [3.8, 4) is 0 Å². The van der Waals surface area contributed by atoms with Gasteiger partial charge in [-0.15, -0.1) is 0 Å². The highest BCUT2D eigenvalue weighted by Crippen LogP contribution is 2.06. The Bertz CT molecular complexity index is 334. The lowest BCUT2D eigenvalue weighted by atomic mass is 10.0. The van der Waals surface area contributed by atoms with Crippen molar-refractivity contribution >= 4 is 29.4 Å². The molecule has 0 radical (unpaired) electrons. The molecule has 4 N–H and O–H groups in total. The normalized spacial score (nSPS) is 13.9. The van der Waals surface area contributed by atoms with E-state index in [-0.39, 0.29) is 23.4 Å². The van der Waals surface area contributed by atoms with Crippen LogP contribution >= 0.6 is 11.8 Å². The monoisotopic (exact) mass is 290 g/mol. The Kier molecular flexibility index (Phi) is 8.42. The van der Waals surface area contributed by atoms with E-state index in [4.69, 9.17) is 10.8 Å². The topological polar surface area (TPSA) is 109 Å². The Balaban J connectivity index is 3.93. The third kappa shape index (κ3) is 7.84. The van der Waals surface area contributed by atoms with Gasteiger partial charge in [0.1, 0.15) is 6.04 Å². The second-order valence-electron chi connectivity index (χ2n) is 4.69. The Hall–Kier alpha value is -1.08. The summed E-state index contributed by atoms with van der Waals surface area (Å²) >= 11 is 1.31. The van der Waals surface area contributed by atoms with Crippen LogP contribution in [0.3, 0.4) is 0 Å². The van der Waals surface area contributed by atoms with Crippen LogP contribution in [0.1, 0.15) is 27.2 Å². The van der Waals surface area contributed by atoms with E-state index in [0.29, 0.717) is 12.2 Å². The van der Waals surface area contributed by atoms with Gasteiger partial charge in [-0.25, -0.2) is 0 Å². The number of hydrogen-bond acceptors (Lipinski definition) is 5. The molecule has 0 aliphatic carbocycles. The first-order valence-electron chi connectivity index (χ1n) is 6.11. The van der Waals surface area contributed by atoms with Crippen molar-refractivity contribution in [1.82, 2.24) is 5.32 Å². The highest BCUT2D eigenvalue weighted by molar-refractivity contribution is 7.99. The van der Waals surface area contributed by atoms with Gasteiger partial charge in [-0.05, 0) is 25.0 Å². The summed E-state index contributed by atoms with van der Waals surface area (Å²) in [6.45, 7) is 5.18. The minimum Gasteiger partial charge on any atom is -0.480 e. The van der Waals surface area contributed by atoms with E-state index in [9.17, 15) is 14.4 Å². The van der Waals surface area contributed by atoms with Crippen LogP contribution in [0, 0.1) is 5.92 Å². The smallest absolute Gasteiger partial charge is 0.320 e. The number of carboxylic acids is 1. The van der Waals surface area contributed by atoms with Gasteiger partial charge in [0, 0.05) is 0 Å². The molecule has 0 aromatic carbocycles. The fourth-order valence-corrected chi connectivity index (χ4v) is 2.29. The SMILES string of the molecule is CC(=O)C(NC(=O)CSCCC(N)C(=O)O)C(C)C. The quantitative estimate of drug-likeness (QED) is 0.525. The molecule has 0 aromatic rings. The number of thioether (sulfide) groups is 1. The van der Waals surface area contributed by atoms with Crippen molar-refractivity contribution in [1.29, 1.82) is 0 Å². The minimum atomic E-state index is -1.04. The third-order valence-electron chi connectivity index (χ3n) is 2.54. The molecule has 6 nitrogen and oxygen atoms in total. The number of amides is 1. The van der Waals surface area contributed by atoms with Gasteiger partial charge in [0.05, 0.1) is 11.8 Å². The number of carboxylic acid groups (broad SMARTS) is 1. The van der Waals surface area contributed by atoms with Crippen LogP contribution in [0.25, 0.3) is 0 Å². The molecule has 0 saturated heterocycles. The summed E-state index contributed by atoms with van der Waals surface area (Å²) in [6, 6.07) is -1.36. The maximum absolute atomic E-state index is 11.6. The van der Waals surface area contributed by atoms with Crippen LogP contribution in [0.2, 0.25) is 0 Å². The molecule has 0 saturated carbocycles. The number of nitrogens with one attached hydrogen (secondary N) is 1. The van der Waals surface area contributed by atoms with Gasteiger partial charge in [-0.1, -0.05) is 13.8 Å². The summed E-state index contributed by atoms with van der Waals surface area (Å²) in [6.07, 6.45) is 0.313. The number of ketones is 1. The molecule has 0 aliphatic heterocycles. The predicted octanol–water partition coefficient (Wildman–Crippen LogP) is 0.251. The Morgan fingerprint density at radius 1 is 1.32 bits per heavy atom. The number of hydrogen-bond donors (Lipinski definition) is 3. The lowest BCUT2D eigenvalue weighted by Crippen LogP contribution is -2.44. The van der Waals surface area contributed by atoms with E-state index in [1.807, 2.05) is 13.8 Å². The molecule has 0 fully saturated rings. The number of Topliss-reactive ketones (excluding diaryl/α,β-unsaturated/α-hetero) is 1. The van der Waals surface area contributed by atoms with Gasteiger partial charge in [-0.3, -0.25) is 14.4 Å². The molecule has 0 heterocycles. The van der Waals surface area contributed by atoms with E-state index in [0.717, 1.165) is 0 Å². The van der Waals surface area contributed by atoms with Crippen molar-refractivity contribution in [3.63, 3.8) is 0 Å². The molecule has 110 valence electrons. The summed E-state index contributed by atoms with van der Waals surface area (Å²) < 4.78 is 0. The predicted molar refractivity (Wildman–Crippen MR) is 75.0 cm³/mol. The van der Waals surface area contributed by atoms with Gasteiger partial charge < -0.3 is 16.2 Å². The van der Waals surface area contributed by atoms with E-state index in [2.05, 4.69) is 5.32 Å². The van der Waals surface area contributed by atoms with Crippen molar-refractivity contribution in [2.45, 2.75) is 39.3 Å². The van der Waals surface area contributed by atoms with Crippen LogP contribution in [0.5, 0.6) is 0 Å². The molecule has 19 heavy (non-hydrogen) atoms. The molecule has 1 amide bonds. The molecule has 0 bridgehead atoms. The Morgan fingerprint density at radius 2 is 1.89 bits per heavy atom. The summed E-state index contributed by atoms with van der Waals surface area (Å²) in [7, 11) is 0. The van der Waals surface area contributed by atoms with Crippen LogP contribution in [-0.2, 0) is 14.4 Å². The van der Waals surface area contributed by atoms with Gasteiger partial charge in [0.25, 0.3) is 0 Å². The minimum absolute atomic E-state index is 0.0480. The average molecular weight is 290 g/mol. The summed E-state index contributed by atoms with van der Waals surface area (Å²) in [5, 5.41) is 11.3. The Morgan fingerprint density at radius 3 is 2.32 bits per heavy atom. The number of aliphatic carboxylic acids is 1. The fourth-order valence-electron chi connectivity index (χ4n) is 1.45. The number of carbonyl (C=O) groups excluding carboxylic acids is 2. The molecule has 0 rings (SSSR count). The van der Waals surface area contributed by atoms with E-state index in [1.165, 1.54) is 18.7 Å². The van der Waals surface area contributed by atoms with Gasteiger partial charge in [0.2, 0.25) is 5.91 Å². The fraction of sp³-hybridized carbons (Fsp3) is 0.750. The molecular weight excluding hydrogens is 268 g/mol. The highest BCUT2D eigenvalue weighted by atomic mass is 32.2. The third-order valence-corrected chi connectivity index (χ3v) is 3.54. The number of rotatable bonds is 9. The summed E-state index contributed by atoms with van der Waals surface area (Å²) in [5.41, 5.74) is 5.34. The summed E-state index contributed by atoms with van der Waals surface area (Å²) in [5.74, 6) is -0.590. The first-order chi connectivity index (χ1) is 8.75. The molecular formula is C12H22N2O4S. The zero-order chi connectivity index (χ0) is 15.0. The first kappa shape index (κ1) is 17.9. The maximum Gasteiger partial charge on any atom is 0.320 e. The number of carbonyl (C=O) groups is 3. The molecule has 7 heteroatoms. The highest BCUT2D eigenvalue weighted by Gasteiger charge is 2.20.